The average Bonchev–Trinajstić information content (AvgIpc) is 2.93. The summed E-state index contributed by atoms with van der Waals surface area (Å²) in [6, 6.07) is 13.7. The topological polar surface area (TPSA) is 60.9 Å². The predicted molar refractivity (Wildman–Crippen MR) is 105 cm³/mol. The SMILES string of the molecule is CN(C)CCCN1C(=O)C(=O)/C(=C(\O)c2ccc(F)cc2)C1c1ccccc1. The van der Waals surface area contributed by atoms with Gasteiger partial charge in [0.1, 0.15) is 11.6 Å². The minimum atomic E-state index is -0.722. The molecule has 3 rings (SSSR count). The first kappa shape index (κ1) is 19.8. The Hall–Kier alpha value is -2.99. The molecule has 1 heterocycles. The van der Waals surface area contributed by atoms with Crippen molar-refractivity contribution in [1.29, 1.82) is 0 Å². The first-order chi connectivity index (χ1) is 13.4. The molecule has 1 aliphatic heterocycles. The molecule has 1 amide bonds. The fourth-order valence-electron chi connectivity index (χ4n) is 3.41. The maximum Gasteiger partial charge on any atom is 0.295 e. The summed E-state index contributed by atoms with van der Waals surface area (Å²) < 4.78 is 13.2. The van der Waals surface area contributed by atoms with E-state index in [-0.39, 0.29) is 11.3 Å². The minimum absolute atomic E-state index is 0.0349. The van der Waals surface area contributed by atoms with Crippen molar-refractivity contribution in [3.8, 4) is 0 Å². The molecular weight excluding hydrogens is 359 g/mol. The monoisotopic (exact) mass is 382 g/mol. The lowest BCUT2D eigenvalue weighted by Crippen LogP contribution is -2.32. The Morgan fingerprint density at radius 2 is 1.71 bits per heavy atom. The van der Waals surface area contributed by atoms with Crippen LogP contribution in [-0.4, -0.2) is 53.8 Å². The van der Waals surface area contributed by atoms with Crippen LogP contribution in [0.15, 0.2) is 60.2 Å². The number of likely N-dealkylation sites (tertiary alicyclic amines) is 1. The van der Waals surface area contributed by atoms with E-state index in [1.54, 1.807) is 0 Å². The molecule has 1 fully saturated rings. The van der Waals surface area contributed by atoms with Gasteiger partial charge in [-0.1, -0.05) is 30.3 Å². The van der Waals surface area contributed by atoms with Crippen LogP contribution in [0.2, 0.25) is 0 Å². The van der Waals surface area contributed by atoms with Crippen LogP contribution in [-0.2, 0) is 9.59 Å². The third-order valence-corrected chi connectivity index (χ3v) is 4.78. The second-order valence-corrected chi connectivity index (χ2v) is 7.07. The number of amides is 1. The zero-order chi connectivity index (χ0) is 20.3. The predicted octanol–water partition coefficient (Wildman–Crippen LogP) is 3.20. The van der Waals surface area contributed by atoms with Crippen molar-refractivity contribution in [3.63, 3.8) is 0 Å². The quantitative estimate of drug-likeness (QED) is 0.474. The molecule has 5 nitrogen and oxygen atoms in total. The molecule has 0 radical (unpaired) electrons. The summed E-state index contributed by atoms with van der Waals surface area (Å²) in [6.07, 6.45) is 0.694. The molecule has 1 atom stereocenters. The van der Waals surface area contributed by atoms with E-state index >= 15 is 0 Å². The van der Waals surface area contributed by atoms with E-state index in [9.17, 15) is 19.1 Å². The van der Waals surface area contributed by atoms with E-state index in [4.69, 9.17) is 0 Å². The second-order valence-electron chi connectivity index (χ2n) is 7.07. The van der Waals surface area contributed by atoms with Crippen molar-refractivity contribution in [3.05, 3.63) is 77.1 Å². The van der Waals surface area contributed by atoms with Gasteiger partial charge in [-0.2, -0.15) is 0 Å². The second kappa shape index (κ2) is 8.35. The fraction of sp³-hybridized carbons (Fsp3) is 0.273. The van der Waals surface area contributed by atoms with E-state index in [1.165, 1.54) is 29.2 Å². The van der Waals surface area contributed by atoms with Crippen molar-refractivity contribution in [2.45, 2.75) is 12.5 Å². The number of carbonyl (C=O) groups is 2. The van der Waals surface area contributed by atoms with Crippen LogP contribution in [0.25, 0.3) is 5.76 Å². The number of aliphatic hydroxyl groups is 1. The normalized spacial score (nSPS) is 18.9. The maximum absolute atomic E-state index is 13.2. The molecule has 6 heteroatoms. The summed E-state index contributed by atoms with van der Waals surface area (Å²) in [4.78, 5) is 29.0. The molecule has 28 heavy (non-hydrogen) atoms. The smallest absolute Gasteiger partial charge is 0.295 e. The standard InChI is InChI=1S/C22H23FN2O3/c1-24(2)13-6-14-25-19(15-7-4-3-5-8-15)18(21(27)22(25)28)20(26)16-9-11-17(23)12-10-16/h3-5,7-12,19,26H,6,13-14H2,1-2H3/b20-18-. The minimum Gasteiger partial charge on any atom is -0.507 e. The Morgan fingerprint density at radius 3 is 2.32 bits per heavy atom. The van der Waals surface area contributed by atoms with Gasteiger partial charge >= 0.3 is 0 Å². The summed E-state index contributed by atoms with van der Waals surface area (Å²) in [5.74, 6) is -2.08. The summed E-state index contributed by atoms with van der Waals surface area (Å²) in [5, 5.41) is 10.8. The third kappa shape index (κ3) is 3.97. The van der Waals surface area contributed by atoms with E-state index in [2.05, 4.69) is 0 Å². The summed E-state index contributed by atoms with van der Waals surface area (Å²) in [6.45, 7) is 1.16. The van der Waals surface area contributed by atoms with Crippen LogP contribution >= 0.6 is 0 Å². The van der Waals surface area contributed by atoms with Crippen molar-refractivity contribution < 1.29 is 19.1 Å². The molecule has 1 N–H and O–H groups in total. The lowest BCUT2D eigenvalue weighted by molar-refractivity contribution is -0.139. The number of rotatable bonds is 6. The molecule has 1 aliphatic rings. The Bertz CT molecular complexity index is 892. The van der Waals surface area contributed by atoms with Gasteiger partial charge in [0.15, 0.2) is 0 Å². The summed E-state index contributed by atoms with van der Waals surface area (Å²) in [7, 11) is 3.88. The van der Waals surface area contributed by atoms with Crippen LogP contribution in [0.1, 0.15) is 23.6 Å². The molecule has 0 spiro atoms. The van der Waals surface area contributed by atoms with E-state index < -0.39 is 23.5 Å². The number of ketones is 1. The molecule has 0 aromatic heterocycles. The van der Waals surface area contributed by atoms with Crippen molar-refractivity contribution in [2.24, 2.45) is 0 Å². The van der Waals surface area contributed by atoms with Gasteiger partial charge in [-0.05, 0) is 56.9 Å². The highest BCUT2D eigenvalue weighted by Gasteiger charge is 2.45. The number of hydrogen-bond donors (Lipinski definition) is 1. The molecule has 0 aliphatic carbocycles. The van der Waals surface area contributed by atoms with Crippen molar-refractivity contribution in [2.75, 3.05) is 27.2 Å². The average molecular weight is 382 g/mol. The van der Waals surface area contributed by atoms with Gasteiger partial charge in [0.2, 0.25) is 0 Å². The molecule has 146 valence electrons. The van der Waals surface area contributed by atoms with Crippen LogP contribution in [0.5, 0.6) is 0 Å². The van der Waals surface area contributed by atoms with Gasteiger partial charge in [0.25, 0.3) is 11.7 Å². The van der Waals surface area contributed by atoms with Crippen LogP contribution in [0, 0.1) is 5.82 Å². The molecule has 1 unspecified atom stereocenters. The highest BCUT2D eigenvalue weighted by molar-refractivity contribution is 6.46. The number of benzene rings is 2. The highest BCUT2D eigenvalue weighted by atomic mass is 19.1. The number of nitrogens with zero attached hydrogens (tertiary/aromatic N) is 2. The molecule has 2 aromatic carbocycles. The van der Waals surface area contributed by atoms with Gasteiger partial charge in [-0.3, -0.25) is 9.59 Å². The Balaban J connectivity index is 2.06. The molecule has 1 saturated heterocycles. The number of halogens is 1. The molecule has 0 bridgehead atoms. The Kier molecular flexibility index (Phi) is 5.90. The third-order valence-electron chi connectivity index (χ3n) is 4.78. The number of hydrogen-bond acceptors (Lipinski definition) is 4. The summed E-state index contributed by atoms with van der Waals surface area (Å²) >= 11 is 0. The van der Waals surface area contributed by atoms with Crippen molar-refractivity contribution in [1.82, 2.24) is 9.80 Å². The van der Waals surface area contributed by atoms with E-state index in [1.807, 2.05) is 49.3 Å². The lowest BCUT2D eigenvalue weighted by Gasteiger charge is -2.26. The van der Waals surface area contributed by atoms with Gasteiger partial charge in [-0.25, -0.2) is 4.39 Å². The molecule has 0 saturated carbocycles. The number of Topliss-reactive ketones (excluding diaryl/α,β-unsaturated/α-hetero) is 1. The van der Waals surface area contributed by atoms with Gasteiger partial charge < -0.3 is 14.9 Å². The van der Waals surface area contributed by atoms with Crippen LogP contribution in [0.3, 0.4) is 0 Å². The van der Waals surface area contributed by atoms with Gasteiger partial charge in [0.05, 0.1) is 11.6 Å². The maximum atomic E-state index is 13.2. The summed E-state index contributed by atoms with van der Waals surface area (Å²) in [5.41, 5.74) is 1.08. The molecular formula is C22H23FN2O3. The zero-order valence-electron chi connectivity index (χ0n) is 15.9. The Labute approximate surface area is 163 Å². The van der Waals surface area contributed by atoms with Gasteiger partial charge in [0, 0.05) is 12.1 Å². The molecule has 2 aromatic rings. The van der Waals surface area contributed by atoms with E-state index in [0.29, 0.717) is 18.5 Å². The fourth-order valence-corrected chi connectivity index (χ4v) is 3.41. The first-order valence-electron chi connectivity index (χ1n) is 9.14. The Morgan fingerprint density at radius 1 is 1.07 bits per heavy atom. The van der Waals surface area contributed by atoms with Crippen molar-refractivity contribution >= 4 is 17.4 Å². The van der Waals surface area contributed by atoms with Gasteiger partial charge in [-0.15, -0.1) is 0 Å². The highest BCUT2D eigenvalue weighted by Crippen LogP contribution is 2.39. The number of carbonyl (C=O) groups excluding carboxylic acids is 2. The number of aliphatic hydroxyl groups excluding tert-OH is 1. The first-order valence-corrected chi connectivity index (χ1v) is 9.14. The van der Waals surface area contributed by atoms with Crippen LogP contribution < -0.4 is 0 Å². The zero-order valence-corrected chi connectivity index (χ0v) is 15.9. The van der Waals surface area contributed by atoms with E-state index in [0.717, 1.165) is 12.1 Å². The lowest BCUT2D eigenvalue weighted by atomic mass is 9.95. The largest absolute Gasteiger partial charge is 0.507 e. The van der Waals surface area contributed by atoms with Crippen LogP contribution in [0.4, 0.5) is 4.39 Å².